The minimum Gasteiger partial charge on any atom is -0.382 e. The average molecular weight is 690 g/mol. The number of nitrogens with zero attached hydrogens (tertiary/aromatic N) is 7. The monoisotopic (exact) mass is 689 g/mol. The smallest absolute Gasteiger partial charge is 0.382 e. The van der Waals surface area contributed by atoms with Gasteiger partial charge in [0.05, 0.1) is 31.9 Å². The Hall–Kier alpha value is -3.71. The number of hydrogen-bond donors (Lipinski definition) is 5. The Morgan fingerprint density at radius 2 is 1.78 bits per heavy atom. The minimum atomic E-state index is -5.10. The summed E-state index contributed by atoms with van der Waals surface area (Å²) >= 11 is 0. The van der Waals surface area contributed by atoms with E-state index in [1.54, 1.807) is 0 Å². The zero-order chi connectivity index (χ0) is 32.5. The van der Waals surface area contributed by atoms with Gasteiger partial charge in [-0.3, -0.25) is 32.1 Å². The van der Waals surface area contributed by atoms with Crippen molar-refractivity contribution in [1.29, 1.82) is 0 Å². The van der Waals surface area contributed by atoms with E-state index in [2.05, 4.69) is 34.6 Å². The molecular weight excluding hydrogens is 664 g/mol. The average Bonchev–Trinajstić information content (AvgIpc) is 3.75. The first-order valence-electron chi connectivity index (χ1n) is 13.3. The maximum Gasteiger partial charge on any atom is 0.472 e. The maximum absolute atomic E-state index is 15.9. The van der Waals surface area contributed by atoms with Crippen molar-refractivity contribution >= 4 is 52.2 Å². The molecule has 3 aliphatic heterocycles. The molecule has 0 saturated carbocycles. The van der Waals surface area contributed by atoms with Crippen LogP contribution < -0.4 is 21.7 Å². The number of rotatable bonds is 3. The molecule has 0 spiro atoms. The van der Waals surface area contributed by atoms with Crippen LogP contribution in [-0.4, -0.2) is 109 Å². The number of phosphoric ester groups is 1. The second kappa shape index (κ2) is 11.2. The number of fused-ring (bicyclic) bond motifs is 5. The van der Waals surface area contributed by atoms with Crippen molar-refractivity contribution in [3.63, 3.8) is 0 Å². The van der Waals surface area contributed by atoms with Crippen LogP contribution >= 0.6 is 7.82 Å². The highest BCUT2D eigenvalue weighted by atomic mass is 32.2. The third-order valence-corrected chi connectivity index (χ3v) is 9.58. The molecule has 46 heavy (non-hydrogen) atoms. The van der Waals surface area contributed by atoms with Crippen molar-refractivity contribution in [3.8, 4) is 0 Å². The van der Waals surface area contributed by atoms with Crippen LogP contribution in [-0.2, 0) is 42.3 Å². The fourth-order valence-corrected chi connectivity index (χ4v) is 7.52. The molecule has 25 heteroatoms. The van der Waals surface area contributed by atoms with Gasteiger partial charge >= 0.3 is 18.1 Å². The number of aromatic amines is 1. The molecule has 0 aromatic carbocycles. The number of imidazole rings is 2. The Labute approximate surface area is 256 Å². The molecule has 3 saturated heterocycles. The number of methoxy groups -OCH3 is 1. The van der Waals surface area contributed by atoms with Crippen molar-refractivity contribution in [1.82, 2.24) is 43.8 Å². The Bertz CT molecular complexity index is 2030. The first-order valence-corrected chi connectivity index (χ1v) is 16.2. The fraction of sp³-hybridized carbons (Fsp3) is 0.524. The molecule has 7 N–H and O–H groups in total. The number of H-pyrrole nitrogens is 1. The lowest BCUT2D eigenvalue weighted by atomic mass is 10.1. The largest absolute Gasteiger partial charge is 0.472 e. The SMILES string of the molecule is COC1C2COP(=O)(O)OC3C(COS(=O)(=O)NC1C(n1cnc4c(=O)[nH]c(N)nc41)O2)OC(n1cnc2c(N)ncnc21)C3F. The number of aromatic nitrogens is 8. The number of hydrogen-bond acceptors (Lipinski definition) is 17. The van der Waals surface area contributed by atoms with Gasteiger partial charge in [0, 0.05) is 7.11 Å². The van der Waals surface area contributed by atoms with Crippen LogP contribution in [0.15, 0.2) is 23.8 Å². The predicted molar refractivity (Wildman–Crippen MR) is 148 cm³/mol. The normalized spacial score (nSPS) is 35.0. The number of anilines is 2. The van der Waals surface area contributed by atoms with Gasteiger partial charge in [-0.1, -0.05) is 0 Å². The lowest BCUT2D eigenvalue weighted by Crippen LogP contribution is -2.48. The lowest BCUT2D eigenvalue weighted by Gasteiger charge is -2.24. The molecule has 248 valence electrons. The third-order valence-electron chi connectivity index (χ3n) is 7.59. The first kappa shape index (κ1) is 30.9. The van der Waals surface area contributed by atoms with Crippen molar-refractivity contribution < 1.29 is 49.7 Å². The second-order valence-electron chi connectivity index (χ2n) is 10.3. The standard InChI is InChI=1S/C21H25FN11O11PS/c1-39-14-7-2-40-45(35,36)44-13-8(42-19(9(13)22)32-5-27-11-15(23)25-4-26-16(11)32)3-41-46(37,38)31-10(14)20(43-7)33-6-28-12-17(33)29-21(24)30-18(12)34/h4-10,13-14,19-20,31H,2-3H2,1H3,(H,35,36)(H2,23,25,26)(H3,24,29,30,34). The Morgan fingerprint density at radius 3 is 2.54 bits per heavy atom. The first-order chi connectivity index (χ1) is 21.9. The molecular formula is C21H25FN11O11PS. The highest BCUT2D eigenvalue weighted by molar-refractivity contribution is 7.84. The van der Waals surface area contributed by atoms with Crippen LogP contribution in [0.25, 0.3) is 22.3 Å². The Kier molecular flexibility index (Phi) is 7.54. The van der Waals surface area contributed by atoms with Gasteiger partial charge in [-0.15, -0.1) is 0 Å². The van der Waals surface area contributed by atoms with Gasteiger partial charge < -0.3 is 30.6 Å². The molecule has 22 nitrogen and oxygen atoms in total. The van der Waals surface area contributed by atoms with E-state index >= 15 is 4.39 Å². The number of nitrogens with two attached hydrogens (primary N) is 2. The zero-order valence-electron chi connectivity index (χ0n) is 23.3. The van der Waals surface area contributed by atoms with Gasteiger partial charge in [-0.25, -0.2) is 28.9 Å². The van der Waals surface area contributed by atoms with Gasteiger partial charge in [0.1, 0.15) is 36.3 Å². The molecule has 0 aliphatic carbocycles. The topological polar surface area (TPSA) is 298 Å². The number of nitrogens with one attached hydrogen (secondary N) is 2. The summed E-state index contributed by atoms with van der Waals surface area (Å²) in [4.78, 5) is 45.3. The fourth-order valence-electron chi connectivity index (χ4n) is 5.60. The van der Waals surface area contributed by atoms with Crippen molar-refractivity contribution in [2.75, 3.05) is 31.8 Å². The summed E-state index contributed by atoms with van der Waals surface area (Å²) in [5.41, 5.74) is 10.9. The Morgan fingerprint density at radius 1 is 1.07 bits per heavy atom. The number of nitrogen functional groups attached to an aromatic ring is 2. The van der Waals surface area contributed by atoms with E-state index in [-0.39, 0.29) is 34.1 Å². The summed E-state index contributed by atoms with van der Waals surface area (Å²) in [6.07, 6.45) is -7.50. The van der Waals surface area contributed by atoms with Gasteiger partial charge in [0.2, 0.25) is 5.95 Å². The van der Waals surface area contributed by atoms with Crippen molar-refractivity contribution in [3.05, 3.63) is 29.3 Å². The van der Waals surface area contributed by atoms with Crippen LogP contribution in [0, 0.1) is 0 Å². The summed E-state index contributed by atoms with van der Waals surface area (Å²) < 4.78 is 93.2. The lowest BCUT2D eigenvalue weighted by molar-refractivity contribution is -0.0588. The molecule has 2 bridgehead atoms. The molecule has 9 unspecified atom stereocenters. The summed E-state index contributed by atoms with van der Waals surface area (Å²) in [6, 6.07) is -1.33. The van der Waals surface area contributed by atoms with E-state index in [0.717, 1.165) is 23.5 Å². The van der Waals surface area contributed by atoms with Crippen LogP contribution in [0.2, 0.25) is 0 Å². The number of ether oxygens (including phenoxy) is 3. The molecule has 0 amide bonds. The molecule has 3 aliphatic rings. The van der Waals surface area contributed by atoms with Crippen molar-refractivity contribution in [2.24, 2.45) is 0 Å². The summed E-state index contributed by atoms with van der Waals surface area (Å²) in [6.45, 7) is -1.59. The molecule has 7 rings (SSSR count). The van der Waals surface area contributed by atoms with Crippen LogP contribution in [0.3, 0.4) is 0 Å². The van der Waals surface area contributed by atoms with Gasteiger partial charge in [0.15, 0.2) is 41.3 Å². The molecule has 4 aromatic heterocycles. The van der Waals surface area contributed by atoms with E-state index in [4.69, 9.17) is 38.9 Å². The molecule has 4 aromatic rings. The number of alkyl halides is 1. The number of phosphoric acid groups is 1. The van der Waals surface area contributed by atoms with E-state index in [1.807, 2.05) is 0 Å². The maximum atomic E-state index is 15.9. The van der Waals surface area contributed by atoms with E-state index < -0.39 is 86.0 Å². The molecule has 7 heterocycles. The van der Waals surface area contributed by atoms with Gasteiger partial charge in [-0.2, -0.15) is 18.1 Å². The third kappa shape index (κ3) is 5.30. The van der Waals surface area contributed by atoms with Crippen LogP contribution in [0.5, 0.6) is 0 Å². The van der Waals surface area contributed by atoms with Crippen LogP contribution in [0.1, 0.15) is 12.5 Å². The highest BCUT2D eigenvalue weighted by Crippen LogP contribution is 2.50. The highest BCUT2D eigenvalue weighted by Gasteiger charge is 2.53. The predicted octanol–water partition coefficient (Wildman–Crippen LogP) is -1.99. The summed E-state index contributed by atoms with van der Waals surface area (Å²) in [5, 5.41) is 0. The summed E-state index contributed by atoms with van der Waals surface area (Å²) in [5.74, 6) is -0.249. The van der Waals surface area contributed by atoms with Gasteiger partial charge in [-0.05, 0) is 0 Å². The van der Waals surface area contributed by atoms with E-state index in [1.165, 1.54) is 11.7 Å². The quantitative estimate of drug-likeness (QED) is 0.145. The number of halogens is 1. The summed E-state index contributed by atoms with van der Waals surface area (Å²) in [7, 11) is -8.60. The molecule has 9 atom stereocenters. The molecule has 0 radical (unpaired) electrons. The van der Waals surface area contributed by atoms with E-state index in [0.29, 0.717) is 0 Å². The zero-order valence-corrected chi connectivity index (χ0v) is 25.0. The van der Waals surface area contributed by atoms with E-state index in [9.17, 15) is 22.7 Å². The second-order valence-corrected chi connectivity index (χ2v) is 13.1. The molecule has 3 fully saturated rings. The minimum absolute atomic E-state index is 0.00368. The van der Waals surface area contributed by atoms with Crippen molar-refractivity contribution in [2.45, 2.75) is 49.1 Å². The van der Waals surface area contributed by atoms with Gasteiger partial charge in [0.25, 0.3) is 5.56 Å². The Balaban J connectivity index is 1.22. The van der Waals surface area contributed by atoms with Crippen LogP contribution in [0.4, 0.5) is 16.2 Å².